The van der Waals surface area contributed by atoms with Crippen molar-refractivity contribution in [2.45, 2.75) is 12.7 Å². The van der Waals surface area contributed by atoms with Crippen molar-refractivity contribution in [3.05, 3.63) is 24.0 Å². The van der Waals surface area contributed by atoms with E-state index < -0.39 is 12.1 Å². The summed E-state index contributed by atoms with van der Waals surface area (Å²) in [6.07, 6.45) is -3.22. The molecule has 1 rings (SSSR count). The monoisotopic (exact) mass is 206 g/mol. The largest absolute Gasteiger partial charge is 0.471 e. The Morgan fingerprint density at radius 1 is 1.57 bits per heavy atom. The first-order valence-electron chi connectivity index (χ1n) is 3.86. The highest BCUT2D eigenvalue weighted by atomic mass is 19.4. The van der Waals surface area contributed by atoms with E-state index in [1.807, 2.05) is 0 Å². The molecule has 0 aliphatic heterocycles. The van der Waals surface area contributed by atoms with Crippen molar-refractivity contribution >= 4 is 5.91 Å². The van der Waals surface area contributed by atoms with E-state index in [-0.39, 0.29) is 6.54 Å². The minimum atomic E-state index is -4.80. The fraction of sp³-hybridized carbons (Fsp3) is 0.375. The van der Waals surface area contributed by atoms with Gasteiger partial charge in [0.25, 0.3) is 0 Å². The summed E-state index contributed by atoms with van der Waals surface area (Å²) in [6, 6.07) is 3.27. The number of rotatable bonds is 2. The van der Waals surface area contributed by atoms with Crippen LogP contribution in [-0.4, -0.2) is 29.0 Å². The predicted molar refractivity (Wildman–Crippen MR) is 43.3 cm³/mol. The minimum absolute atomic E-state index is 0.0780. The molecule has 0 bridgehead atoms. The molecular formula is C8H9F3N2O. The van der Waals surface area contributed by atoms with Crippen LogP contribution in [0.2, 0.25) is 0 Å². The Bertz CT molecular complexity index is 305. The number of hydrogen-bond donors (Lipinski definition) is 1. The first-order chi connectivity index (χ1) is 6.41. The standard InChI is InChI=1S/C8H9F3N2O/c1-13(7(14)8(9,10)11)5-6-3-2-4-12-6/h2-4,12H,5H2,1H3. The molecule has 14 heavy (non-hydrogen) atoms. The van der Waals surface area contributed by atoms with E-state index in [0.717, 1.165) is 7.05 Å². The molecule has 0 saturated heterocycles. The summed E-state index contributed by atoms with van der Waals surface area (Å²) in [7, 11) is 1.11. The number of H-pyrrole nitrogens is 1. The number of hydrogen-bond acceptors (Lipinski definition) is 1. The van der Waals surface area contributed by atoms with Crippen LogP contribution in [0.3, 0.4) is 0 Å². The maximum atomic E-state index is 11.9. The zero-order chi connectivity index (χ0) is 10.8. The van der Waals surface area contributed by atoms with Crippen LogP contribution in [0.4, 0.5) is 13.2 Å². The Morgan fingerprint density at radius 3 is 2.64 bits per heavy atom. The van der Waals surface area contributed by atoms with Gasteiger partial charge in [0, 0.05) is 18.9 Å². The molecule has 0 fully saturated rings. The van der Waals surface area contributed by atoms with Crippen molar-refractivity contribution in [1.29, 1.82) is 0 Å². The normalized spacial score (nSPS) is 11.4. The number of carbonyl (C=O) groups excluding carboxylic acids is 1. The smallest absolute Gasteiger partial charge is 0.364 e. The molecule has 1 amide bonds. The number of nitrogens with zero attached hydrogens (tertiary/aromatic N) is 1. The highest BCUT2D eigenvalue weighted by Crippen LogP contribution is 2.18. The van der Waals surface area contributed by atoms with Gasteiger partial charge in [0.2, 0.25) is 0 Å². The maximum Gasteiger partial charge on any atom is 0.471 e. The Morgan fingerprint density at radius 2 is 2.21 bits per heavy atom. The van der Waals surface area contributed by atoms with Crippen molar-refractivity contribution in [2.75, 3.05) is 7.05 Å². The average Bonchev–Trinajstić information content (AvgIpc) is 2.53. The number of nitrogens with one attached hydrogen (secondary N) is 1. The Hall–Kier alpha value is -1.46. The molecule has 6 heteroatoms. The lowest BCUT2D eigenvalue weighted by molar-refractivity contribution is -0.184. The van der Waals surface area contributed by atoms with Gasteiger partial charge in [-0.15, -0.1) is 0 Å². The number of aromatic amines is 1. The third-order valence-electron chi connectivity index (χ3n) is 1.66. The summed E-state index contributed by atoms with van der Waals surface area (Å²) in [5.41, 5.74) is 0.560. The molecule has 0 saturated carbocycles. The first kappa shape index (κ1) is 10.6. The molecule has 0 spiro atoms. The SMILES string of the molecule is CN(Cc1ccc[nH]1)C(=O)C(F)(F)F. The Balaban J connectivity index is 2.59. The second kappa shape index (κ2) is 3.73. The van der Waals surface area contributed by atoms with Gasteiger partial charge in [0.15, 0.2) is 0 Å². The van der Waals surface area contributed by atoms with Gasteiger partial charge in [-0.25, -0.2) is 0 Å². The Labute approximate surface area is 78.5 Å². The summed E-state index contributed by atoms with van der Waals surface area (Å²) in [5.74, 6) is -1.84. The van der Waals surface area contributed by atoms with Crippen molar-refractivity contribution < 1.29 is 18.0 Å². The van der Waals surface area contributed by atoms with Crippen LogP contribution in [-0.2, 0) is 11.3 Å². The molecule has 0 atom stereocenters. The van der Waals surface area contributed by atoms with Crippen LogP contribution in [0.1, 0.15) is 5.69 Å². The van der Waals surface area contributed by atoms with Crippen LogP contribution in [0.5, 0.6) is 0 Å². The van der Waals surface area contributed by atoms with E-state index in [1.54, 1.807) is 18.3 Å². The lowest BCUT2D eigenvalue weighted by atomic mass is 10.4. The predicted octanol–water partition coefficient (Wildman–Crippen LogP) is 1.54. The number of aromatic nitrogens is 1. The molecule has 78 valence electrons. The zero-order valence-corrected chi connectivity index (χ0v) is 7.43. The van der Waals surface area contributed by atoms with Gasteiger partial charge in [-0.1, -0.05) is 0 Å². The van der Waals surface area contributed by atoms with Crippen LogP contribution < -0.4 is 0 Å². The molecule has 1 N–H and O–H groups in total. The number of alkyl halides is 3. The minimum Gasteiger partial charge on any atom is -0.364 e. The number of amides is 1. The molecule has 0 aliphatic rings. The van der Waals surface area contributed by atoms with Gasteiger partial charge in [-0.2, -0.15) is 13.2 Å². The maximum absolute atomic E-state index is 11.9. The molecule has 1 heterocycles. The summed E-state index contributed by atoms with van der Waals surface area (Å²) < 4.78 is 35.8. The van der Waals surface area contributed by atoms with Gasteiger partial charge < -0.3 is 9.88 Å². The van der Waals surface area contributed by atoms with Crippen LogP contribution >= 0.6 is 0 Å². The second-order valence-corrected chi connectivity index (χ2v) is 2.85. The van der Waals surface area contributed by atoms with Crippen molar-refractivity contribution in [2.24, 2.45) is 0 Å². The molecule has 1 aromatic rings. The van der Waals surface area contributed by atoms with E-state index in [2.05, 4.69) is 4.98 Å². The van der Waals surface area contributed by atoms with E-state index in [9.17, 15) is 18.0 Å². The van der Waals surface area contributed by atoms with Gasteiger partial charge in [-0.3, -0.25) is 4.79 Å². The quantitative estimate of drug-likeness (QED) is 0.782. The fourth-order valence-electron chi connectivity index (χ4n) is 1.01. The lowest BCUT2D eigenvalue weighted by Crippen LogP contribution is -2.38. The summed E-state index contributed by atoms with van der Waals surface area (Å²) in [4.78, 5) is 14.0. The van der Waals surface area contributed by atoms with Gasteiger partial charge >= 0.3 is 12.1 Å². The van der Waals surface area contributed by atoms with Gasteiger partial charge in [0.05, 0.1) is 6.54 Å². The van der Waals surface area contributed by atoms with Crippen molar-refractivity contribution in [3.63, 3.8) is 0 Å². The highest BCUT2D eigenvalue weighted by Gasteiger charge is 2.41. The average molecular weight is 206 g/mol. The third-order valence-corrected chi connectivity index (χ3v) is 1.66. The number of halogens is 3. The highest BCUT2D eigenvalue weighted by molar-refractivity contribution is 5.81. The Kier molecular flexibility index (Phi) is 2.83. The molecular weight excluding hydrogens is 197 g/mol. The van der Waals surface area contributed by atoms with E-state index in [4.69, 9.17) is 0 Å². The fourth-order valence-corrected chi connectivity index (χ4v) is 1.01. The van der Waals surface area contributed by atoms with Crippen molar-refractivity contribution in [3.8, 4) is 0 Å². The zero-order valence-electron chi connectivity index (χ0n) is 7.43. The van der Waals surface area contributed by atoms with Gasteiger partial charge in [0.1, 0.15) is 0 Å². The molecule has 3 nitrogen and oxygen atoms in total. The first-order valence-corrected chi connectivity index (χ1v) is 3.86. The molecule has 1 aromatic heterocycles. The molecule has 0 radical (unpaired) electrons. The molecule has 0 unspecified atom stereocenters. The van der Waals surface area contributed by atoms with E-state index in [0.29, 0.717) is 10.6 Å². The van der Waals surface area contributed by atoms with E-state index >= 15 is 0 Å². The molecule has 0 aromatic carbocycles. The summed E-state index contributed by atoms with van der Waals surface area (Å²) in [6.45, 7) is -0.0780. The summed E-state index contributed by atoms with van der Waals surface area (Å²) in [5, 5.41) is 0. The third kappa shape index (κ3) is 2.51. The molecule has 0 aliphatic carbocycles. The van der Waals surface area contributed by atoms with Gasteiger partial charge in [-0.05, 0) is 12.1 Å². The summed E-state index contributed by atoms with van der Waals surface area (Å²) >= 11 is 0. The van der Waals surface area contributed by atoms with Crippen molar-refractivity contribution in [1.82, 2.24) is 9.88 Å². The second-order valence-electron chi connectivity index (χ2n) is 2.85. The van der Waals surface area contributed by atoms with Crippen LogP contribution in [0.15, 0.2) is 18.3 Å². The number of carbonyl (C=O) groups is 1. The topological polar surface area (TPSA) is 36.1 Å². The lowest BCUT2D eigenvalue weighted by Gasteiger charge is -2.17. The van der Waals surface area contributed by atoms with Crippen LogP contribution in [0, 0.1) is 0 Å². The van der Waals surface area contributed by atoms with Crippen LogP contribution in [0.25, 0.3) is 0 Å². The van der Waals surface area contributed by atoms with E-state index in [1.165, 1.54) is 0 Å².